The van der Waals surface area contributed by atoms with E-state index in [1.165, 1.54) is 15.6 Å². The number of tetrazole rings is 1. The lowest BCUT2D eigenvalue weighted by Crippen LogP contribution is -1.93. The summed E-state index contributed by atoms with van der Waals surface area (Å²) in [6, 6.07) is 0. The molecule has 4 nitrogen and oxygen atoms in total. The van der Waals surface area contributed by atoms with Crippen molar-refractivity contribution in [3.63, 3.8) is 0 Å². The maximum Gasteiger partial charge on any atom is 0.188 e. The van der Waals surface area contributed by atoms with Crippen molar-refractivity contribution in [2.24, 2.45) is 7.05 Å². The monoisotopic (exact) mass is 176 g/mol. The molecular formula is C4H8N4S2. The van der Waals surface area contributed by atoms with Gasteiger partial charge in [-0.3, -0.25) is 0 Å². The summed E-state index contributed by atoms with van der Waals surface area (Å²) in [4.78, 5) is 1.44. The molecule has 0 saturated heterocycles. The minimum absolute atomic E-state index is 0.206. The summed E-state index contributed by atoms with van der Waals surface area (Å²) < 4.78 is 0. The first kappa shape index (κ1) is 7.87. The topological polar surface area (TPSA) is 43.6 Å². The maximum absolute atomic E-state index is 4.04. The molecule has 0 aromatic carbocycles. The van der Waals surface area contributed by atoms with Crippen LogP contribution in [-0.4, -0.2) is 20.2 Å². The van der Waals surface area contributed by atoms with Gasteiger partial charge in [-0.15, -0.1) is 21.9 Å². The van der Waals surface area contributed by atoms with Crippen molar-refractivity contribution in [1.82, 2.24) is 20.2 Å². The Bertz CT molecular complexity index is 211. The van der Waals surface area contributed by atoms with Gasteiger partial charge in [-0.05, 0) is 12.1 Å². The van der Waals surface area contributed by atoms with Gasteiger partial charge in [-0.2, -0.15) is 4.80 Å². The minimum Gasteiger partial charge on any atom is -0.167 e. The fraction of sp³-hybridized carbons (Fsp3) is 0.750. The molecular weight excluding hydrogens is 168 g/mol. The molecule has 1 aromatic rings. The van der Waals surface area contributed by atoms with E-state index in [4.69, 9.17) is 0 Å². The van der Waals surface area contributed by atoms with Gasteiger partial charge in [-0.25, -0.2) is 0 Å². The van der Waals surface area contributed by atoms with Crippen molar-refractivity contribution < 1.29 is 0 Å². The highest BCUT2D eigenvalue weighted by atomic mass is 33.1. The highest BCUT2D eigenvalue weighted by molar-refractivity contribution is 8.68. The second-order valence-corrected chi connectivity index (χ2v) is 3.44. The SMILES string of the molecule is CC(SS)c1nnn(C)n1. The Kier molecular flexibility index (Phi) is 2.56. The molecule has 0 aliphatic carbocycles. The predicted molar refractivity (Wildman–Crippen MR) is 43.8 cm³/mol. The largest absolute Gasteiger partial charge is 0.188 e. The molecule has 1 atom stereocenters. The molecule has 0 radical (unpaired) electrons. The molecule has 0 spiro atoms. The third-order valence-corrected chi connectivity index (χ3v) is 2.52. The molecule has 0 aliphatic rings. The molecule has 0 aliphatic heterocycles. The fourth-order valence-electron chi connectivity index (χ4n) is 0.509. The van der Waals surface area contributed by atoms with E-state index in [1.54, 1.807) is 7.05 Å². The van der Waals surface area contributed by atoms with Gasteiger partial charge in [0.2, 0.25) is 0 Å². The molecule has 0 N–H and O–H groups in total. The van der Waals surface area contributed by atoms with Crippen molar-refractivity contribution in [3.05, 3.63) is 5.82 Å². The average molecular weight is 176 g/mol. The van der Waals surface area contributed by atoms with E-state index < -0.39 is 0 Å². The van der Waals surface area contributed by atoms with Crippen LogP contribution in [0.1, 0.15) is 18.0 Å². The number of aromatic nitrogens is 4. The van der Waals surface area contributed by atoms with E-state index in [0.29, 0.717) is 0 Å². The minimum atomic E-state index is 0.206. The number of thiol groups is 1. The van der Waals surface area contributed by atoms with Gasteiger partial charge in [0.25, 0.3) is 0 Å². The molecule has 1 aromatic heterocycles. The average Bonchev–Trinajstić information content (AvgIpc) is 2.34. The summed E-state index contributed by atoms with van der Waals surface area (Å²) in [5, 5.41) is 11.7. The standard InChI is InChI=1S/C4H8N4S2/c1-3(10-9)4-5-7-8(2)6-4/h3,9H,1-2H3. The first-order valence-electron chi connectivity index (χ1n) is 2.78. The van der Waals surface area contributed by atoms with Crippen LogP contribution in [0.15, 0.2) is 0 Å². The summed E-state index contributed by atoms with van der Waals surface area (Å²) in [6.45, 7) is 1.98. The van der Waals surface area contributed by atoms with Gasteiger partial charge in [0.15, 0.2) is 5.82 Å². The Morgan fingerprint density at radius 1 is 1.70 bits per heavy atom. The van der Waals surface area contributed by atoms with E-state index in [9.17, 15) is 0 Å². The number of aryl methyl sites for hydroxylation is 1. The van der Waals surface area contributed by atoms with Crippen molar-refractivity contribution >= 4 is 22.5 Å². The maximum atomic E-state index is 4.04. The summed E-state index contributed by atoms with van der Waals surface area (Å²) in [5.41, 5.74) is 0. The van der Waals surface area contributed by atoms with Crippen LogP contribution in [0.2, 0.25) is 0 Å². The molecule has 1 heterocycles. The number of hydrogen-bond acceptors (Lipinski definition) is 5. The zero-order chi connectivity index (χ0) is 7.56. The lowest BCUT2D eigenvalue weighted by Gasteiger charge is -1.97. The van der Waals surface area contributed by atoms with Gasteiger partial charge in [0.1, 0.15) is 0 Å². The number of rotatable bonds is 2. The molecule has 6 heteroatoms. The van der Waals surface area contributed by atoms with Crippen molar-refractivity contribution in [1.29, 1.82) is 0 Å². The molecule has 10 heavy (non-hydrogen) atoms. The highest BCUT2D eigenvalue weighted by Crippen LogP contribution is 2.27. The lowest BCUT2D eigenvalue weighted by molar-refractivity contribution is 0.627. The van der Waals surface area contributed by atoms with Gasteiger partial charge in [0.05, 0.1) is 12.3 Å². The van der Waals surface area contributed by atoms with Crippen LogP contribution >= 0.6 is 22.5 Å². The Hall–Kier alpha value is -0.230. The molecule has 0 amide bonds. The van der Waals surface area contributed by atoms with Crippen LogP contribution in [0, 0.1) is 0 Å². The highest BCUT2D eigenvalue weighted by Gasteiger charge is 2.08. The van der Waals surface area contributed by atoms with Crippen molar-refractivity contribution in [2.75, 3.05) is 0 Å². The smallest absolute Gasteiger partial charge is 0.167 e. The molecule has 0 fully saturated rings. The van der Waals surface area contributed by atoms with E-state index >= 15 is 0 Å². The first-order valence-corrected chi connectivity index (χ1v) is 4.71. The molecule has 56 valence electrons. The molecule has 1 unspecified atom stereocenters. The van der Waals surface area contributed by atoms with Crippen LogP contribution < -0.4 is 0 Å². The van der Waals surface area contributed by atoms with E-state index in [-0.39, 0.29) is 5.25 Å². The van der Waals surface area contributed by atoms with Gasteiger partial charge in [-0.1, -0.05) is 10.8 Å². The van der Waals surface area contributed by atoms with Crippen LogP contribution in [-0.2, 0) is 7.05 Å². The molecule has 0 saturated carbocycles. The zero-order valence-electron chi connectivity index (χ0n) is 5.72. The van der Waals surface area contributed by atoms with E-state index in [0.717, 1.165) is 5.82 Å². The van der Waals surface area contributed by atoms with E-state index in [2.05, 4.69) is 27.1 Å². The van der Waals surface area contributed by atoms with Crippen LogP contribution in [0.4, 0.5) is 0 Å². The number of nitrogens with zero attached hydrogens (tertiary/aromatic N) is 4. The summed E-state index contributed by atoms with van der Waals surface area (Å²) in [7, 11) is 3.15. The fourth-order valence-corrected chi connectivity index (χ4v) is 0.980. The Morgan fingerprint density at radius 2 is 2.40 bits per heavy atom. The zero-order valence-corrected chi connectivity index (χ0v) is 7.43. The molecule has 1 rings (SSSR count). The Balaban J connectivity index is 2.74. The third kappa shape index (κ3) is 1.63. The molecule has 0 bridgehead atoms. The second-order valence-electron chi connectivity index (χ2n) is 1.88. The summed E-state index contributed by atoms with van der Waals surface area (Å²) >= 11 is 4.04. The Morgan fingerprint density at radius 3 is 2.80 bits per heavy atom. The number of hydrogen-bond donors (Lipinski definition) is 1. The van der Waals surface area contributed by atoms with Gasteiger partial charge < -0.3 is 0 Å². The third-order valence-electron chi connectivity index (χ3n) is 1.05. The van der Waals surface area contributed by atoms with Crippen LogP contribution in [0.5, 0.6) is 0 Å². The lowest BCUT2D eigenvalue weighted by atomic mass is 10.5. The van der Waals surface area contributed by atoms with Crippen molar-refractivity contribution in [2.45, 2.75) is 12.2 Å². The predicted octanol–water partition coefficient (Wildman–Crippen LogP) is 0.849. The van der Waals surface area contributed by atoms with E-state index in [1.807, 2.05) is 6.92 Å². The summed E-state index contributed by atoms with van der Waals surface area (Å²) in [6.07, 6.45) is 0. The second kappa shape index (κ2) is 3.25. The van der Waals surface area contributed by atoms with Gasteiger partial charge in [0, 0.05) is 0 Å². The van der Waals surface area contributed by atoms with Crippen LogP contribution in [0.25, 0.3) is 0 Å². The van der Waals surface area contributed by atoms with Crippen molar-refractivity contribution in [3.8, 4) is 0 Å². The summed E-state index contributed by atoms with van der Waals surface area (Å²) in [5.74, 6) is 0.725. The van der Waals surface area contributed by atoms with Gasteiger partial charge >= 0.3 is 0 Å². The van der Waals surface area contributed by atoms with Crippen LogP contribution in [0.3, 0.4) is 0 Å². The quantitative estimate of drug-likeness (QED) is 0.536. The Labute approximate surface area is 68.2 Å². The normalized spacial score (nSPS) is 13.5. The first-order chi connectivity index (χ1) is 4.74.